The SMILES string of the molecule is O=C(COc1ccc(Cl)cc1Cl)N1N=C(c2ccc(Br)cc2)C[C@@]1(O)C(F)(F)F. The number of ether oxygens (including phenoxy) is 1. The number of halogens is 6. The summed E-state index contributed by atoms with van der Waals surface area (Å²) in [6.45, 7) is -0.823. The Morgan fingerprint density at radius 3 is 2.48 bits per heavy atom. The molecule has 1 atom stereocenters. The van der Waals surface area contributed by atoms with Crippen LogP contribution in [0.3, 0.4) is 0 Å². The van der Waals surface area contributed by atoms with Gasteiger partial charge in [-0.2, -0.15) is 23.3 Å². The van der Waals surface area contributed by atoms with E-state index < -0.39 is 30.8 Å². The van der Waals surface area contributed by atoms with Crippen LogP contribution in [-0.2, 0) is 4.79 Å². The molecule has 29 heavy (non-hydrogen) atoms. The van der Waals surface area contributed by atoms with Gasteiger partial charge in [0, 0.05) is 9.50 Å². The molecule has 0 saturated carbocycles. The lowest BCUT2D eigenvalue weighted by Crippen LogP contribution is -2.57. The van der Waals surface area contributed by atoms with E-state index in [0.29, 0.717) is 15.1 Å². The van der Waals surface area contributed by atoms with Crippen molar-refractivity contribution in [1.29, 1.82) is 0 Å². The van der Waals surface area contributed by atoms with Crippen molar-refractivity contribution in [3.05, 3.63) is 62.5 Å². The van der Waals surface area contributed by atoms with Crippen molar-refractivity contribution in [2.24, 2.45) is 5.10 Å². The van der Waals surface area contributed by atoms with Gasteiger partial charge in [-0.15, -0.1) is 0 Å². The van der Waals surface area contributed by atoms with E-state index in [9.17, 15) is 23.1 Å². The molecule has 0 spiro atoms. The van der Waals surface area contributed by atoms with Crippen LogP contribution in [0.1, 0.15) is 12.0 Å². The molecule has 1 N–H and O–H groups in total. The van der Waals surface area contributed by atoms with Gasteiger partial charge in [-0.1, -0.05) is 51.3 Å². The Balaban J connectivity index is 1.85. The Bertz CT molecular complexity index is 970. The summed E-state index contributed by atoms with van der Waals surface area (Å²) >= 11 is 14.9. The number of alkyl halides is 3. The molecule has 5 nitrogen and oxygen atoms in total. The number of hydrogen-bond acceptors (Lipinski definition) is 4. The van der Waals surface area contributed by atoms with Gasteiger partial charge in [0.2, 0.25) is 0 Å². The van der Waals surface area contributed by atoms with E-state index in [2.05, 4.69) is 21.0 Å². The summed E-state index contributed by atoms with van der Waals surface area (Å²) in [5.74, 6) is -1.14. The molecule has 0 aromatic heterocycles. The van der Waals surface area contributed by atoms with E-state index in [0.717, 1.165) is 0 Å². The maximum Gasteiger partial charge on any atom is 0.438 e. The van der Waals surface area contributed by atoms with Crippen LogP contribution >= 0.6 is 39.1 Å². The van der Waals surface area contributed by atoms with E-state index >= 15 is 0 Å². The molecule has 0 aliphatic carbocycles. The van der Waals surface area contributed by atoms with Crippen LogP contribution < -0.4 is 4.74 Å². The molecule has 0 fully saturated rings. The molecule has 11 heteroatoms. The second kappa shape index (κ2) is 8.14. The highest BCUT2D eigenvalue weighted by Crippen LogP contribution is 2.41. The topological polar surface area (TPSA) is 62.1 Å². The molecular formula is C18H12BrCl2F3N2O3. The largest absolute Gasteiger partial charge is 0.482 e. The summed E-state index contributed by atoms with van der Waals surface area (Å²) in [4.78, 5) is 12.4. The highest BCUT2D eigenvalue weighted by atomic mass is 79.9. The Labute approximate surface area is 181 Å². The third-order valence-corrected chi connectivity index (χ3v) is 5.16. The first-order chi connectivity index (χ1) is 13.5. The van der Waals surface area contributed by atoms with Crippen molar-refractivity contribution >= 4 is 50.8 Å². The fourth-order valence-corrected chi connectivity index (χ4v) is 3.35. The van der Waals surface area contributed by atoms with Crippen LogP contribution in [0.5, 0.6) is 5.75 Å². The van der Waals surface area contributed by atoms with Crippen molar-refractivity contribution in [2.45, 2.75) is 18.3 Å². The van der Waals surface area contributed by atoms with Crippen LogP contribution in [-0.4, -0.2) is 40.2 Å². The highest BCUT2D eigenvalue weighted by Gasteiger charge is 2.63. The third kappa shape index (κ3) is 4.53. The molecule has 1 amide bonds. The van der Waals surface area contributed by atoms with Gasteiger partial charge in [0.15, 0.2) is 6.61 Å². The molecule has 1 aliphatic rings. The van der Waals surface area contributed by atoms with E-state index in [-0.39, 0.29) is 21.5 Å². The van der Waals surface area contributed by atoms with Gasteiger partial charge < -0.3 is 9.84 Å². The fourth-order valence-electron chi connectivity index (χ4n) is 2.62. The van der Waals surface area contributed by atoms with Crippen LogP contribution in [0.15, 0.2) is 52.0 Å². The average molecular weight is 512 g/mol. The molecular weight excluding hydrogens is 500 g/mol. The second-order valence-electron chi connectivity index (χ2n) is 6.11. The van der Waals surface area contributed by atoms with E-state index in [1.165, 1.54) is 30.3 Å². The van der Waals surface area contributed by atoms with Crippen molar-refractivity contribution in [1.82, 2.24) is 5.01 Å². The van der Waals surface area contributed by atoms with Crippen molar-refractivity contribution in [2.75, 3.05) is 6.61 Å². The monoisotopic (exact) mass is 510 g/mol. The molecule has 0 bridgehead atoms. The smallest absolute Gasteiger partial charge is 0.438 e. The second-order valence-corrected chi connectivity index (χ2v) is 7.87. The number of hydrogen-bond donors (Lipinski definition) is 1. The first-order valence-electron chi connectivity index (χ1n) is 8.05. The molecule has 0 radical (unpaired) electrons. The lowest BCUT2D eigenvalue weighted by atomic mass is 10.0. The summed E-state index contributed by atoms with van der Waals surface area (Å²) in [6, 6.07) is 10.4. The first kappa shape index (κ1) is 21.9. The minimum atomic E-state index is -5.14. The normalized spacial score (nSPS) is 19.3. The zero-order valence-electron chi connectivity index (χ0n) is 14.4. The van der Waals surface area contributed by atoms with Gasteiger partial charge in [-0.3, -0.25) is 4.79 Å². The minimum absolute atomic E-state index is 0.00814. The number of benzene rings is 2. The van der Waals surface area contributed by atoms with E-state index in [1.54, 1.807) is 12.1 Å². The minimum Gasteiger partial charge on any atom is -0.482 e. The lowest BCUT2D eigenvalue weighted by Gasteiger charge is -2.32. The zero-order chi connectivity index (χ0) is 21.4. The van der Waals surface area contributed by atoms with Gasteiger partial charge in [0.1, 0.15) is 5.75 Å². The van der Waals surface area contributed by atoms with Gasteiger partial charge in [-0.05, 0) is 35.9 Å². The molecule has 0 saturated heterocycles. The number of rotatable bonds is 4. The maximum absolute atomic E-state index is 13.6. The summed E-state index contributed by atoms with van der Waals surface area (Å²) < 4.78 is 46.6. The third-order valence-electron chi connectivity index (χ3n) is 4.10. The summed E-state index contributed by atoms with van der Waals surface area (Å²) in [5.41, 5.74) is -3.23. The first-order valence-corrected chi connectivity index (χ1v) is 9.59. The standard InChI is InChI=1S/C18H12BrCl2F3N2O3/c19-11-3-1-10(2-4-11)14-8-17(28,18(22,23)24)26(25-14)16(27)9-29-15-6-5-12(20)7-13(15)21/h1-7,28H,8-9H2/t17-/m1/s1. The zero-order valence-corrected chi connectivity index (χ0v) is 17.5. The van der Waals surface area contributed by atoms with E-state index in [4.69, 9.17) is 27.9 Å². The molecule has 2 aromatic carbocycles. The van der Waals surface area contributed by atoms with Gasteiger partial charge >= 0.3 is 6.18 Å². The molecule has 1 heterocycles. The Morgan fingerprint density at radius 1 is 1.24 bits per heavy atom. The van der Waals surface area contributed by atoms with Crippen molar-refractivity contribution in [3.8, 4) is 5.75 Å². The molecule has 2 aromatic rings. The maximum atomic E-state index is 13.6. The summed E-state index contributed by atoms with van der Waals surface area (Å²) in [7, 11) is 0. The highest BCUT2D eigenvalue weighted by molar-refractivity contribution is 9.10. The molecule has 3 rings (SSSR count). The van der Waals surface area contributed by atoms with Gasteiger partial charge in [0.05, 0.1) is 17.2 Å². The number of aliphatic hydroxyl groups is 1. The molecule has 0 unspecified atom stereocenters. The number of amides is 1. The number of hydrazone groups is 1. The lowest BCUT2D eigenvalue weighted by molar-refractivity contribution is -0.302. The molecule has 154 valence electrons. The van der Waals surface area contributed by atoms with Crippen molar-refractivity contribution < 1.29 is 27.8 Å². The van der Waals surface area contributed by atoms with Crippen molar-refractivity contribution in [3.63, 3.8) is 0 Å². The molecule has 1 aliphatic heterocycles. The van der Waals surface area contributed by atoms with Crippen LogP contribution in [0.2, 0.25) is 10.0 Å². The predicted molar refractivity (Wildman–Crippen MR) is 105 cm³/mol. The summed E-state index contributed by atoms with van der Waals surface area (Å²) in [5, 5.41) is 14.4. The Morgan fingerprint density at radius 2 is 1.90 bits per heavy atom. The van der Waals surface area contributed by atoms with Crippen LogP contribution in [0, 0.1) is 0 Å². The fraction of sp³-hybridized carbons (Fsp3) is 0.222. The number of carbonyl (C=O) groups excluding carboxylic acids is 1. The quantitative estimate of drug-likeness (QED) is 0.626. The Hall–Kier alpha value is -1.81. The average Bonchev–Trinajstić information content (AvgIpc) is 3.00. The van der Waals surface area contributed by atoms with Crippen LogP contribution in [0.25, 0.3) is 0 Å². The van der Waals surface area contributed by atoms with Gasteiger partial charge in [0.25, 0.3) is 11.6 Å². The summed E-state index contributed by atoms with van der Waals surface area (Å²) in [6.07, 6.45) is -6.05. The Kier molecular flexibility index (Phi) is 6.14. The van der Waals surface area contributed by atoms with Crippen LogP contribution in [0.4, 0.5) is 13.2 Å². The number of nitrogens with zero attached hydrogens (tertiary/aromatic N) is 2. The number of carbonyl (C=O) groups is 1. The predicted octanol–water partition coefficient (Wildman–Crippen LogP) is 5.02. The van der Waals surface area contributed by atoms with E-state index in [1.807, 2.05) is 0 Å². The van der Waals surface area contributed by atoms with Gasteiger partial charge in [-0.25, -0.2) is 0 Å².